The standard InChI is InChI=1S/C17H13F3O2S/c18-17(19,20)23-14-10-15(21)22-16(14)13-8-6-12(7-9-13)11-4-2-1-3-5-11/h1-9,14,16H,10H2/t14-,16+/m0/s1. The number of benzene rings is 2. The molecule has 0 spiro atoms. The van der Waals surface area contributed by atoms with Gasteiger partial charge >= 0.3 is 11.5 Å². The van der Waals surface area contributed by atoms with Crippen LogP contribution in [0.15, 0.2) is 54.6 Å². The summed E-state index contributed by atoms with van der Waals surface area (Å²) in [4.78, 5) is 11.4. The van der Waals surface area contributed by atoms with Crippen molar-refractivity contribution >= 4 is 17.7 Å². The van der Waals surface area contributed by atoms with Crippen LogP contribution in [0.2, 0.25) is 0 Å². The first kappa shape index (κ1) is 15.9. The number of rotatable bonds is 3. The lowest BCUT2D eigenvalue weighted by Crippen LogP contribution is -2.15. The topological polar surface area (TPSA) is 26.3 Å². The van der Waals surface area contributed by atoms with Crippen molar-refractivity contribution in [3.05, 3.63) is 60.2 Å². The van der Waals surface area contributed by atoms with Gasteiger partial charge in [-0.3, -0.25) is 4.79 Å². The number of carbonyl (C=O) groups is 1. The fraction of sp³-hybridized carbons (Fsp3) is 0.235. The minimum Gasteiger partial charge on any atom is -0.456 e. The summed E-state index contributed by atoms with van der Waals surface area (Å²) in [7, 11) is 0. The summed E-state index contributed by atoms with van der Waals surface area (Å²) in [5, 5.41) is -0.940. The number of cyclic esters (lactones) is 1. The molecule has 0 aromatic heterocycles. The number of thioether (sulfide) groups is 1. The van der Waals surface area contributed by atoms with Crippen LogP contribution in [0.5, 0.6) is 0 Å². The van der Waals surface area contributed by atoms with Crippen LogP contribution in [0.4, 0.5) is 13.2 Å². The quantitative estimate of drug-likeness (QED) is 0.740. The lowest BCUT2D eigenvalue weighted by Gasteiger charge is -2.19. The van der Waals surface area contributed by atoms with Crippen LogP contribution >= 0.6 is 11.8 Å². The van der Waals surface area contributed by atoms with Crippen LogP contribution in [0.25, 0.3) is 11.1 Å². The second-order valence-electron chi connectivity index (χ2n) is 5.20. The second-order valence-corrected chi connectivity index (χ2v) is 6.51. The van der Waals surface area contributed by atoms with Crippen molar-refractivity contribution in [3.8, 4) is 11.1 Å². The van der Waals surface area contributed by atoms with Crippen LogP contribution in [-0.4, -0.2) is 16.7 Å². The van der Waals surface area contributed by atoms with Gasteiger partial charge in [0.25, 0.3) is 0 Å². The zero-order valence-electron chi connectivity index (χ0n) is 11.9. The van der Waals surface area contributed by atoms with Crippen molar-refractivity contribution in [2.75, 3.05) is 0 Å². The Morgan fingerprint density at radius 3 is 2.17 bits per heavy atom. The number of carbonyl (C=O) groups excluding carboxylic acids is 1. The third-order valence-electron chi connectivity index (χ3n) is 3.60. The lowest BCUT2D eigenvalue weighted by atomic mass is 10.0. The molecule has 2 nitrogen and oxygen atoms in total. The average molecular weight is 338 g/mol. The molecular weight excluding hydrogens is 325 g/mol. The molecule has 120 valence electrons. The molecule has 1 aliphatic rings. The fourth-order valence-corrected chi connectivity index (χ4v) is 3.49. The summed E-state index contributed by atoms with van der Waals surface area (Å²) < 4.78 is 42.9. The van der Waals surface area contributed by atoms with Crippen LogP contribution in [0.3, 0.4) is 0 Å². The van der Waals surface area contributed by atoms with E-state index >= 15 is 0 Å². The Bertz CT molecular complexity index is 683. The Balaban J connectivity index is 1.82. The summed E-state index contributed by atoms with van der Waals surface area (Å²) in [5.74, 6) is -0.594. The number of hydrogen-bond donors (Lipinski definition) is 0. The van der Waals surface area contributed by atoms with Gasteiger partial charge in [-0.2, -0.15) is 13.2 Å². The van der Waals surface area contributed by atoms with E-state index in [2.05, 4.69) is 0 Å². The first-order valence-electron chi connectivity index (χ1n) is 7.02. The predicted molar refractivity (Wildman–Crippen MR) is 82.8 cm³/mol. The van der Waals surface area contributed by atoms with E-state index in [-0.39, 0.29) is 18.2 Å². The van der Waals surface area contributed by atoms with Gasteiger partial charge in [0.1, 0.15) is 6.10 Å². The summed E-state index contributed by atoms with van der Waals surface area (Å²) in [5.41, 5.74) is -1.83. The maximum absolute atomic E-state index is 12.6. The monoisotopic (exact) mass is 338 g/mol. The lowest BCUT2D eigenvalue weighted by molar-refractivity contribution is -0.141. The second kappa shape index (κ2) is 6.28. The number of esters is 1. The van der Waals surface area contributed by atoms with Crippen LogP contribution in [0, 0.1) is 0 Å². The highest BCUT2D eigenvalue weighted by Crippen LogP contribution is 2.45. The van der Waals surface area contributed by atoms with Gasteiger partial charge in [-0.15, -0.1) is 0 Å². The van der Waals surface area contributed by atoms with Crippen LogP contribution in [-0.2, 0) is 9.53 Å². The van der Waals surface area contributed by atoms with Gasteiger partial charge < -0.3 is 4.74 Å². The highest BCUT2D eigenvalue weighted by Gasteiger charge is 2.44. The smallest absolute Gasteiger partial charge is 0.442 e. The van der Waals surface area contributed by atoms with Gasteiger partial charge in [0.15, 0.2) is 0 Å². The largest absolute Gasteiger partial charge is 0.456 e. The molecule has 0 bridgehead atoms. The number of halogens is 3. The molecule has 1 aliphatic heterocycles. The maximum Gasteiger partial charge on any atom is 0.442 e. The molecule has 1 heterocycles. The Morgan fingerprint density at radius 2 is 1.57 bits per heavy atom. The predicted octanol–water partition coefficient (Wildman–Crippen LogP) is 4.96. The molecular formula is C17H13F3O2S. The van der Waals surface area contributed by atoms with Crippen molar-refractivity contribution in [2.45, 2.75) is 23.3 Å². The molecule has 3 rings (SSSR count). The van der Waals surface area contributed by atoms with Crippen LogP contribution < -0.4 is 0 Å². The third-order valence-corrected chi connectivity index (χ3v) is 4.58. The van der Waals surface area contributed by atoms with E-state index in [1.165, 1.54) is 0 Å². The molecule has 2 aromatic rings. The minimum absolute atomic E-state index is 0.174. The highest BCUT2D eigenvalue weighted by molar-refractivity contribution is 8.00. The van der Waals surface area contributed by atoms with Crippen molar-refractivity contribution < 1.29 is 22.7 Å². The Hall–Kier alpha value is -1.95. The summed E-state index contributed by atoms with van der Waals surface area (Å²) in [6.45, 7) is 0. The normalized spacial score (nSPS) is 21.3. The first-order valence-corrected chi connectivity index (χ1v) is 7.90. The molecule has 1 saturated heterocycles. The average Bonchev–Trinajstić information content (AvgIpc) is 2.87. The van der Waals surface area contributed by atoms with Crippen LogP contribution in [0.1, 0.15) is 18.1 Å². The first-order chi connectivity index (χ1) is 10.9. The van der Waals surface area contributed by atoms with E-state index in [0.717, 1.165) is 11.1 Å². The van der Waals surface area contributed by atoms with E-state index in [1.807, 2.05) is 42.5 Å². The van der Waals surface area contributed by atoms with Crippen molar-refractivity contribution in [1.29, 1.82) is 0 Å². The van der Waals surface area contributed by atoms with E-state index in [1.54, 1.807) is 12.1 Å². The molecule has 0 unspecified atom stereocenters. The number of ether oxygens (including phenoxy) is 1. The molecule has 0 amide bonds. The molecule has 2 aromatic carbocycles. The Labute approximate surface area is 135 Å². The molecule has 2 atom stereocenters. The van der Waals surface area contributed by atoms with Crippen molar-refractivity contribution in [3.63, 3.8) is 0 Å². The summed E-state index contributed by atoms with van der Waals surface area (Å²) >= 11 is -0.174. The van der Waals surface area contributed by atoms with E-state index < -0.39 is 22.8 Å². The zero-order valence-corrected chi connectivity index (χ0v) is 12.7. The van der Waals surface area contributed by atoms with Gasteiger partial charge in [-0.1, -0.05) is 54.6 Å². The van der Waals surface area contributed by atoms with E-state index in [4.69, 9.17) is 4.74 Å². The van der Waals surface area contributed by atoms with E-state index in [9.17, 15) is 18.0 Å². The molecule has 1 fully saturated rings. The fourth-order valence-electron chi connectivity index (χ4n) is 2.59. The zero-order chi connectivity index (χ0) is 16.4. The Morgan fingerprint density at radius 1 is 0.957 bits per heavy atom. The van der Waals surface area contributed by atoms with Gasteiger partial charge in [0.2, 0.25) is 0 Å². The SMILES string of the molecule is O=C1C[C@H](SC(F)(F)F)[C@@H](c2ccc(-c3ccccc3)cc2)O1. The van der Waals surface area contributed by atoms with Gasteiger partial charge in [-0.25, -0.2) is 0 Å². The molecule has 0 radical (unpaired) electrons. The molecule has 0 saturated carbocycles. The maximum atomic E-state index is 12.6. The number of alkyl halides is 3. The van der Waals surface area contributed by atoms with Crippen molar-refractivity contribution in [1.82, 2.24) is 0 Å². The number of hydrogen-bond acceptors (Lipinski definition) is 3. The van der Waals surface area contributed by atoms with Gasteiger partial charge in [0, 0.05) is 0 Å². The summed E-state index contributed by atoms with van der Waals surface area (Å²) in [6.07, 6.45) is -1.09. The molecule has 23 heavy (non-hydrogen) atoms. The molecule has 0 N–H and O–H groups in total. The third kappa shape index (κ3) is 3.88. The van der Waals surface area contributed by atoms with Gasteiger partial charge in [-0.05, 0) is 28.5 Å². The molecule has 0 aliphatic carbocycles. The minimum atomic E-state index is -4.39. The molecule has 6 heteroatoms. The van der Waals surface area contributed by atoms with Gasteiger partial charge in [0.05, 0.1) is 11.7 Å². The van der Waals surface area contributed by atoms with Crippen molar-refractivity contribution in [2.24, 2.45) is 0 Å². The Kier molecular flexibility index (Phi) is 4.35. The highest BCUT2D eigenvalue weighted by atomic mass is 32.2. The summed E-state index contributed by atoms with van der Waals surface area (Å²) in [6, 6.07) is 16.7. The van der Waals surface area contributed by atoms with E-state index in [0.29, 0.717) is 5.56 Å².